The van der Waals surface area contributed by atoms with Gasteiger partial charge in [0.05, 0.1) is 6.61 Å². The van der Waals surface area contributed by atoms with Gasteiger partial charge in [0.1, 0.15) is 0 Å². The summed E-state index contributed by atoms with van der Waals surface area (Å²) in [6.07, 6.45) is 8.74. The summed E-state index contributed by atoms with van der Waals surface area (Å²) in [5.41, 5.74) is 2.80. The number of carbonyl (C=O) groups is 1. The Bertz CT molecular complexity index is 341. The van der Waals surface area contributed by atoms with Crippen molar-refractivity contribution in [3.63, 3.8) is 0 Å². The highest BCUT2D eigenvalue weighted by Gasteiger charge is 2.01. The highest BCUT2D eigenvalue weighted by atomic mass is 32.0. The third-order valence-corrected chi connectivity index (χ3v) is 4.07. The van der Waals surface area contributed by atoms with Crippen LogP contribution in [0.4, 0.5) is 0 Å². The van der Waals surface area contributed by atoms with E-state index in [2.05, 4.69) is 34.9 Å². The van der Waals surface area contributed by atoms with Crippen molar-refractivity contribution < 1.29 is 9.32 Å². The highest BCUT2D eigenvalue weighted by molar-refractivity contribution is 8.00. The number of amides is 1. The molecular weight excluding hydrogens is 288 g/mol. The van der Waals surface area contributed by atoms with Crippen molar-refractivity contribution in [1.29, 1.82) is 0 Å². The van der Waals surface area contributed by atoms with E-state index in [1.165, 1.54) is 11.1 Å². The number of nitrogens with zero attached hydrogens (tertiary/aromatic N) is 1. The summed E-state index contributed by atoms with van der Waals surface area (Å²) in [6, 6.07) is 0. The van der Waals surface area contributed by atoms with Crippen LogP contribution in [-0.2, 0) is 9.32 Å². The summed E-state index contributed by atoms with van der Waals surface area (Å²) in [4.78, 5) is 12.8. The molecule has 0 bridgehead atoms. The largest absolute Gasteiger partial charge is 0.354 e. The van der Waals surface area contributed by atoms with E-state index in [1.54, 1.807) is 11.8 Å². The average Bonchev–Trinajstić information content (AvgIpc) is 2.38. The Balaban J connectivity index is 3.80. The maximum absolute atomic E-state index is 11.1. The van der Waals surface area contributed by atoms with Gasteiger partial charge >= 0.3 is 0 Å². The Morgan fingerprint density at radius 1 is 1.20 bits per heavy atom. The molecule has 2 atom stereocenters. The van der Waals surface area contributed by atoms with Crippen LogP contribution >= 0.6 is 17.4 Å². The molecule has 3 nitrogen and oxygen atoms in total. The van der Waals surface area contributed by atoms with Gasteiger partial charge in [-0.05, 0) is 39.5 Å². The fourth-order valence-corrected chi connectivity index (χ4v) is 2.20. The van der Waals surface area contributed by atoms with Crippen LogP contribution in [0, 0.1) is 0 Å². The van der Waals surface area contributed by atoms with Gasteiger partial charge in [-0.25, -0.2) is 0 Å². The van der Waals surface area contributed by atoms with Crippen molar-refractivity contribution >= 4 is 23.3 Å². The van der Waals surface area contributed by atoms with Crippen molar-refractivity contribution in [2.45, 2.75) is 46.5 Å². The van der Waals surface area contributed by atoms with Crippen molar-refractivity contribution in [2.75, 3.05) is 20.2 Å². The summed E-state index contributed by atoms with van der Waals surface area (Å²) in [5.74, 6) is 0.140. The van der Waals surface area contributed by atoms with Crippen LogP contribution in [0.25, 0.3) is 0 Å². The van der Waals surface area contributed by atoms with E-state index in [1.807, 2.05) is 7.05 Å². The molecule has 0 aromatic heterocycles. The fraction of sp³-hybridized carbons (Fsp3) is 0.667. The number of hydrogen-bond donors (Lipinski definition) is 0. The maximum atomic E-state index is 11.1. The average molecular weight is 317 g/mol. The van der Waals surface area contributed by atoms with E-state index >= 15 is 0 Å². The Morgan fingerprint density at radius 2 is 1.85 bits per heavy atom. The van der Waals surface area contributed by atoms with Gasteiger partial charge in [-0.15, -0.1) is 0 Å². The van der Waals surface area contributed by atoms with E-state index in [0.717, 1.165) is 32.2 Å². The first-order valence-corrected chi connectivity index (χ1v) is 9.79. The molecule has 0 aromatic rings. The lowest BCUT2D eigenvalue weighted by molar-refractivity contribution is -0.127. The molecule has 116 valence electrons. The summed E-state index contributed by atoms with van der Waals surface area (Å²) in [5, 5.41) is 0. The van der Waals surface area contributed by atoms with Crippen molar-refractivity contribution in [3.8, 4) is 0 Å². The number of allylic oxidation sites excluding steroid dienone is 3. The lowest BCUT2D eigenvalue weighted by atomic mass is 10.1. The van der Waals surface area contributed by atoms with Gasteiger partial charge < -0.3 is 9.42 Å². The zero-order valence-corrected chi connectivity index (χ0v) is 15.4. The van der Waals surface area contributed by atoms with E-state index < -0.39 is 0 Å². The molecule has 0 radical (unpaired) electrons. The summed E-state index contributed by atoms with van der Waals surface area (Å²) in [7, 11) is 4.92. The molecule has 0 N–H and O–H groups in total. The monoisotopic (exact) mass is 317 g/mol. The summed E-state index contributed by atoms with van der Waals surface area (Å²) < 4.78 is 5.29. The second-order valence-corrected chi connectivity index (χ2v) is 6.34. The Morgan fingerprint density at radius 3 is 2.45 bits per heavy atom. The van der Waals surface area contributed by atoms with Gasteiger partial charge in [-0.1, -0.05) is 32.2 Å². The number of hydrogen-bond acceptors (Lipinski definition) is 2. The van der Waals surface area contributed by atoms with E-state index in [0.29, 0.717) is 15.1 Å². The number of carbonyl (C=O) groups excluding carboxylic acids is 1. The second-order valence-electron chi connectivity index (χ2n) is 5.11. The molecule has 1 amide bonds. The first-order chi connectivity index (χ1) is 9.47. The van der Waals surface area contributed by atoms with E-state index in [9.17, 15) is 4.79 Å². The van der Waals surface area contributed by atoms with E-state index in [-0.39, 0.29) is 5.91 Å². The molecule has 0 fully saturated rings. The molecule has 0 heterocycles. The quantitative estimate of drug-likeness (QED) is 0.341. The molecule has 0 aliphatic heterocycles. The van der Waals surface area contributed by atoms with Gasteiger partial charge in [0.25, 0.3) is 0 Å². The van der Waals surface area contributed by atoms with Crippen molar-refractivity contribution in [3.05, 3.63) is 23.3 Å². The predicted molar refractivity (Wildman–Crippen MR) is 93.3 cm³/mol. The van der Waals surface area contributed by atoms with Crippen LogP contribution in [0.1, 0.15) is 46.5 Å². The summed E-state index contributed by atoms with van der Waals surface area (Å²) in [6.45, 7) is 7.49. The molecule has 0 aromatic carbocycles. The molecule has 0 rings (SSSR count). The smallest absolute Gasteiger partial charge is 0.219 e. The SMILES string of the molecule is CC(=O)N(C)CCCC(C)=CCCC(C)=CCOPP. The molecule has 5 heteroatoms. The first-order valence-electron chi connectivity index (χ1n) is 7.07. The lowest BCUT2D eigenvalue weighted by Gasteiger charge is -2.14. The molecule has 0 saturated carbocycles. The third kappa shape index (κ3) is 11.6. The standard InChI is InChI=1S/C15H29NO2P2/c1-13(9-6-11-16(4)15(3)17)7-5-8-14(2)10-12-18-20-19/h7,10,20H,5-6,8-9,11-12,19H2,1-4H3. The zero-order chi connectivity index (χ0) is 15.4. The minimum Gasteiger partial charge on any atom is -0.354 e. The first kappa shape index (κ1) is 19.8. The summed E-state index contributed by atoms with van der Waals surface area (Å²) >= 11 is 0. The normalized spacial score (nSPS) is 13.2. The molecule has 0 aliphatic rings. The lowest BCUT2D eigenvalue weighted by Crippen LogP contribution is -2.24. The second kappa shape index (κ2) is 12.5. The highest BCUT2D eigenvalue weighted by Crippen LogP contribution is 2.21. The Kier molecular flexibility index (Phi) is 12.4. The zero-order valence-electron chi connectivity index (χ0n) is 13.2. The van der Waals surface area contributed by atoms with Crippen LogP contribution in [0.15, 0.2) is 23.3 Å². The third-order valence-electron chi connectivity index (χ3n) is 3.23. The predicted octanol–water partition coefficient (Wildman–Crippen LogP) is 4.32. The van der Waals surface area contributed by atoms with Crippen LogP contribution in [0.5, 0.6) is 0 Å². The van der Waals surface area contributed by atoms with Gasteiger partial charge in [0, 0.05) is 29.0 Å². The van der Waals surface area contributed by atoms with Crippen molar-refractivity contribution in [1.82, 2.24) is 4.90 Å². The topological polar surface area (TPSA) is 29.5 Å². The molecule has 0 spiro atoms. The molecule has 2 unspecified atom stereocenters. The van der Waals surface area contributed by atoms with Crippen LogP contribution in [-0.4, -0.2) is 31.0 Å². The van der Waals surface area contributed by atoms with E-state index in [4.69, 9.17) is 4.52 Å². The number of rotatable bonds is 10. The van der Waals surface area contributed by atoms with Gasteiger partial charge in [0.2, 0.25) is 5.91 Å². The van der Waals surface area contributed by atoms with Gasteiger partial charge in [-0.3, -0.25) is 4.79 Å². The minimum atomic E-state index is 0.140. The van der Waals surface area contributed by atoms with Crippen molar-refractivity contribution in [2.24, 2.45) is 0 Å². The molecule has 0 saturated heterocycles. The Hall–Kier alpha value is -0.230. The molecule has 20 heavy (non-hydrogen) atoms. The molecular formula is C15H29NO2P2. The molecule has 0 aliphatic carbocycles. The van der Waals surface area contributed by atoms with Crippen LogP contribution in [0.3, 0.4) is 0 Å². The van der Waals surface area contributed by atoms with Gasteiger partial charge in [-0.2, -0.15) is 0 Å². The fourth-order valence-electron chi connectivity index (χ4n) is 1.73. The maximum Gasteiger partial charge on any atom is 0.219 e. The van der Waals surface area contributed by atoms with Crippen LogP contribution < -0.4 is 0 Å². The Labute approximate surface area is 128 Å². The van der Waals surface area contributed by atoms with Crippen LogP contribution in [0.2, 0.25) is 0 Å². The minimum absolute atomic E-state index is 0.140. The van der Waals surface area contributed by atoms with Gasteiger partial charge in [0.15, 0.2) is 0 Å².